The Labute approximate surface area is 259 Å². The first-order chi connectivity index (χ1) is 16.7. The number of aromatic hydroxyl groups is 1. The van der Waals surface area contributed by atoms with Gasteiger partial charge in [0, 0.05) is 5.02 Å². The summed E-state index contributed by atoms with van der Waals surface area (Å²) in [6, 6.07) is 5.16. The van der Waals surface area contributed by atoms with E-state index in [0.29, 0.717) is 10.9 Å². The fourth-order valence-corrected chi connectivity index (χ4v) is 4.61. The first-order valence-electron chi connectivity index (χ1n) is 13.9. The fraction of sp³-hybridized carbons (Fsp3) is 0.656. The van der Waals surface area contributed by atoms with Crippen molar-refractivity contribution in [2.75, 3.05) is 0 Å². The number of benzene rings is 1. The molecule has 1 unspecified atom stereocenters. The second kappa shape index (κ2) is 23.8. The Morgan fingerprint density at radius 2 is 1.35 bits per heavy atom. The Bertz CT molecular complexity index is 760. The predicted molar refractivity (Wildman–Crippen MR) is 169 cm³/mol. The Kier molecular flexibility index (Phi) is 26.7. The van der Waals surface area contributed by atoms with Crippen LogP contribution in [0.2, 0.25) is 5.02 Å². The van der Waals surface area contributed by atoms with Crippen LogP contribution in [0.5, 0.6) is 5.75 Å². The topological polar surface area (TPSA) is 20.2 Å². The molecule has 0 heterocycles. The van der Waals surface area contributed by atoms with Gasteiger partial charge >= 0.3 is 24.8 Å². The number of rotatable bonds is 12. The summed E-state index contributed by atoms with van der Waals surface area (Å²) in [5.74, 6) is 0.891. The van der Waals surface area contributed by atoms with E-state index in [0.717, 1.165) is 5.56 Å². The summed E-state index contributed by atoms with van der Waals surface area (Å²) in [4.78, 5) is 3.25. The molecule has 0 aromatic heterocycles. The molecule has 1 aromatic rings. The van der Waals surface area contributed by atoms with Crippen molar-refractivity contribution in [3.63, 3.8) is 0 Å². The van der Waals surface area contributed by atoms with Gasteiger partial charge in [-0.3, -0.25) is 6.08 Å². The molecule has 0 spiro atoms. The van der Waals surface area contributed by atoms with Gasteiger partial charge in [0.15, 0.2) is 0 Å². The van der Waals surface area contributed by atoms with Crippen molar-refractivity contribution >= 4 is 41.2 Å². The molecule has 1 aliphatic rings. The summed E-state index contributed by atoms with van der Waals surface area (Å²) in [7, 11) is 0. The molecule has 1 atom stereocenters. The first kappa shape index (κ1) is 41.4. The molecule has 0 bridgehead atoms. The third kappa shape index (κ3) is 16.6. The van der Waals surface area contributed by atoms with E-state index in [1.54, 1.807) is 42.8 Å². The monoisotopic (exact) mass is 607 g/mol. The van der Waals surface area contributed by atoms with Crippen molar-refractivity contribution in [1.29, 1.82) is 0 Å². The van der Waals surface area contributed by atoms with Crippen molar-refractivity contribution < 1.29 is 25.1 Å². The normalized spacial score (nSPS) is 14.4. The number of phenolic OH excluding ortho intramolecular Hbond substituents is 1. The Balaban J connectivity index is -0.000000619. The molecule has 1 aromatic carbocycles. The summed E-state index contributed by atoms with van der Waals surface area (Å²) < 4.78 is 0. The Hall–Kier alpha value is -0.0457. The molecular formula is C32H54Cl3OTi. The van der Waals surface area contributed by atoms with Crippen molar-refractivity contribution in [2.45, 2.75) is 131 Å². The van der Waals surface area contributed by atoms with Crippen LogP contribution in [0.4, 0.5) is 0 Å². The van der Waals surface area contributed by atoms with E-state index in [-0.39, 0.29) is 36.0 Å². The second-order valence-electron chi connectivity index (χ2n) is 10.6. The molecule has 1 N–H and O–H groups in total. The predicted octanol–water partition coefficient (Wildman–Crippen LogP) is 11.6. The molecule has 37 heavy (non-hydrogen) atoms. The molecule has 0 saturated heterocycles. The summed E-state index contributed by atoms with van der Waals surface area (Å²) >= 11 is 7.55. The maximum atomic E-state index is 9.27. The number of phenols is 1. The zero-order valence-electron chi connectivity index (χ0n) is 24.6. The van der Waals surface area contributed by atoms with Gasteiger partial charge in [0.1, 0.15) is 5.75 Å². The SMILES string of the molecule is CC(C)(C)c1cc(O)cc(Cl)c1.CCCCC1=[C-]C(CCCC)C(CCCC)=C1CCCC.Cl.Cl.[CH2]=[Ti+]. The van der Waals surface area contributed by atoms with Crippen molar-refractivity contribution in [3.8, 4) is 5.75 Å². The fourth-order valence-electron chi connectivity index (χ4n) is 4.38. The van der Waals surface area contributed by atoms with E-state index in [4.69, 9.17) is 11.6 Å². The summed E-state index contributed by atoms with van der Waals surface area (Å²) in [6.45, 7) is 15.5. The third-order valence-corrected chi connectivity index (χ3v) is 6.69. The molecule has 2 rings (SSSR count). The van der Waals surface area contributed by atoms with Gasteiger partial charge in [-0.25, -0.2) is 5.57 Å². The standard InChI is InChI=1S/C21H37.C10H13ClO.CH2.2ClH.Ti/c1-5-9-13-18-17-19(14-10-6-2)21(16-12-8-4)20(18)15-11-7-3;1-10(2,3)7-4-8(11)6-9(12)5-7;;;;/h18H,5-16H2,1-4H3;4-6,12H,1-3H3;1H2;2*1H;/q-1;;;;;+1. The summed E-state index contributed by atoms with van der Waals surface area (Å²) in [5, 5.41) is 9.86. The van der Waals surface area contributed by atoms with Crippen molar-refractivity contribution in [2.24, 2.45) is 5.92 Å². The minimum atomic E-state index is 0. The van der Waals surface area contributed by atoms with E-state index < -0.39 is 0 Å². The molecule has 1 nitrogen and oxygen atoms in total. The summed E-state index contributed by atoms with van der Waals surface area (Å²) in [6.07, 6.45) is 19.8. The zero-order chi connectivity index (χ0) is 26.9. The molecule has 5 heteroatoms. The molecule has 1 aliphatic carbocycles. The molecule has 0 fully saturated rings. The van der Waals surface area contributed by atoms with E-state index in [1.165, 1.54) is 83.1 Å². The molecule has 0 amide bonds. The van der Waals surface area contributed by atoms with Crippen LogP contribution in [0.1, 0.15) is 131 Å². The van der Waals surface area contributed by atoms with Crippen LogP contribution < -0.4 is 0 Å². The van der Waals surface area contributed by atoms with E-state index >= 15 is 0 Å². The quantitative estimate of drug-likeness (QED) is 0.185. The van der Waals surface area contributed by atoms with Gasteiger partial charge in [0.2, 0.25) is 0 Å². The van der Waals surface area contributed by atoms with Crippen molar-refractivity contribution in [3.05, 3.63) is 51.6 Å². The van der Waals surface area contributed by atoms with Crippen molar-refractivity contribution in [1.82, 2.24) is 0 Å². The molecule has 0 aliphatic heterocycles. The number of hydrogen-bond donors (Lipinski definition) is 1. The van der Waals surface area contributed by atoms with Crippen LogP contribution >= 0.6 is 36.4 Å². The molecule has 0 radical (unpaired) electrons. The van der Waals surface area contributed by atoms with Gasteiger partial charge in [-0.05, 0) is 35.6 Å². The number of hydrogen-bond acceptors (Lipinski definition) is 1. The molecule has 213 valence electrons. The average molecular weight is 609 g/mol. The minimum absolute atomic E-state index is 0. The van der Waals surface area contributed by atoms with Gasteiger partial charge in [0.05, 0.1) is 0 Å². The van der Waals surface area contributed by atoms with Crippen LogP contribution in [0.25, 0.3) is 0 Å². The van der Waals surface area contributed by atoms with Crippen LogP contribution in [0, 0.1) is 12.0 Å². The molecular weight excluding hydrogens is 555 g/mol. The maximum absolute atomic E-state index is 9.27. The van der Waals surface area contributed by atoms with Gasteiger partial charge in [-0.2, -0.15) is 11.1 Å². The Morgan fingerprint density at radius 1 is 0.838 bits per heavy atom. The van der Waals surface area contributed by atoms with E-state index in [2.05, 4.69) is 59.4 Å². The number of halogens is 3. The van der Waals surface area contributed by atoms with E-state index in [9.17, 15) is 5.11 Å². The van der Waals surface area contributed by atoms with Gasteiger partial charge in [0.25, 0.3) is 0 Å². The van der Waals surface area contributed by atoms with Gasteiger partial charge in [-0.1, -0.05) is 137 Å². The third-order valence-electron chi connectivity index (χ3n) is 6.48. The average Bonchev–Trinajstić information content (AvgIpc) is 3.15. The zero-order valence-corrected chi connectivity index (χ0v) is 28.6. The second-order valence-corrected chi connectivity index (χ2v) is 11.0. The summed E-state index contributed by atoms with van der Waals surface area (Å²) in [5.41, 5.74) is 6.21. The van der Waals surface area contributed by atoms with Crippen LogP contribution in [-0.4, -0.2) is 9.92 Å². The number of allylic oxidation sites excluding steroid dienone is 4. The van der Waals surface area contributed by atoms with Crippen LogP contribution in [0.15, 0.2) is 34.9 Å². The first-order valence-corrected chi connectivity index (χ1v) is 15.4. The number of unbranched alkanes of at least 4 members (excludes halogenated alkanes) is 4. The van der Waals surface area contributed by atoms with E-state index in [1.807, 2.05) is 6.07 Å². The van der Waals surface area contributed by atoms with Gasteiger partial charge in [-0.15, -0.1) is 24.8 Å². The van der Waals surface area contributed by atoms with Crippen LogP contribution in [-0.2, 0) is 25.4 Å². The van der Waals surface area contributed by atoms with Crippen LogP contribution in [0.3, 0.4) is 0 Å². The molecule has 0 saturated carbocycles. The van der Waals surface area contributed by atoms with Gasteiger partial charge < -0.3 is 5.11 Å². The Morgan fingerprint density at radius 3 is 1.84 bits per heavy atom.